The van der Waals surface area contributed by atoms with Crippen molar-refractivity contribution in [3.8, 4) is 0 Å². The van der Waals surface area contributed by atoms with Gasteiger partial charge in [-0.1, -0.05) is 22.0 Å². The minimum Gasteiger partial charge on any atom is -0.350 e. The van der Waals surface area contributed by atoms with E-state index >= 15 is 0 Å². The molecule has 0 aliphatic heterocycles. The average molecular weight is 488 g/mol. The van der Waals surface area contributed by atoms with Crippen molar-refractivity contribution in [1.29, 1.82) is 0 Å². The van der Waals surface area contributed by atoms with Crippen molar-refractivity contribution in [2.75, 3.05) is 26.7 Å². The first-order valence-electron chi connectivity index (χ1n) is 8.52. The maximum absolute atomic E-state index is 12.6. The van der Waals surface area contributed by atoms with Crippen LogP contribution in [0.15, 0.2) is 51.1 Å². The van der Waals surface area contributed by atoms with Crippen LogP contribution in [0.1, 0.15) is 11.8 Å². The van der Waals surface area contributed by atoms with Gasteiger partial charge in [0.2, 0.25) is 21.8 Å². The summed E-state index contributed by atoms with van der Waals surface area (Å²) in [4.78, 5) is 27.1. The molecule has 1 heterocycles. The van der Waals surface area contributed by atoms with Gasteiger partial charge in [0.05, 0.1) is 24.5 Å². The molecule has 0 unspecified atom stereocenters. The third-order valence-corrected chi connectivity index (χ3v) is 7.21. The smallest absolute Gasteiger partial charge is 0.243 e. The first-order chi connectivity index (χ1) is 13.2. The molecule has 0 bridgehead atoms. The van der Waals surface area contributed by atoms with E-state index in [0.717, 1.165) is 13.7 Å². The molecule has 1 aromatic heterocycles. The summed E-state index contributed by atoms with van der Waals surface area (Å²) >= 11 is 4.79. The number of nitrogens with zero attached hydrogens (tertiary/aromatic N) is 2. The fourth-order valence-corrected chi connectivity index (χ4v) is 4.40. The number of thiophene rings is 1. The molecule has 0 atom stereocenters. The van der Waals surface area contributed by atoms with Crippen LogP contribution in [0.3, 0.4) is 0 Å². The molecule has 152 valence electrons. The molecular formula is C18H22BrN3O4S2. The Hall–Kier alpha value is -1.75. The van der Waals surface area contributed by atoms with Gasteiger partial charge in [-0.2, -0.15) is 4.31 Å². The monoisotopic (exact) mass is 487 g/mol. The Morgan fingerprint density at radius 1 is 1.14 bits per heavy atom. The van der Waals surface area contributed by atoms with Crippen LogP contribution in [0.25, 0.3) is 0 Å². The number of amides is 2. The summed E-state index contributed by atoms with van der Waals surface area (Å²) in [5.74, 6) is -0.723. The molecule has 0 spiro atoms. The molecule has 0 saturated carbocycles. The molecule has 2 amide bonds. The molecular weight excluding hydrogens is 466 g/mol. The summed E-state index contributed by atoms with van der Waals surface area (Å²) in [6, 6.07) is 10.00. The summed E-state index contributed by atoms with van der Waals surface area (Å²) < 4.78 is 27.0. The predicted molar refractivity (Wildman–Crippen MR) is 112 cm³/mol. The fourth-order valence-electron chi connectivity index (χ4n) is 2.37. The van der Waals surface area contributed by atoms with E-state index in [1.165, 1.54) is 35.4 Å². The van der Waals surface area contributed by atoms with Crippen molar-refractivity contribution >= 4 is 49.1 Å². The van der Waals surface area contributed by atoms with Gasteiger partial charge in [-0.15, -0.1) is 11.3 Å². The van der Waals surface area contributed by atoms with Crippen LogP contribution >= 0.6 is 27.3 Å². The van der Waals surface area contributed by atoms with Gasteiger partial charge in [0, 0.05) is 22.9 Å². The number of halogens is 1. The highest BCUT2D eigenvalue weighted by Crippen LogP contribution is 2.18. The topological polar surface area (TPSA) is 86.8 Å². The van der Waals surface area contributed by atoms with Crippen molar-refractivity contribution in [3.05, 3.63) is 51.1 Å². The second-order valence-corrected chi connectivity index (χ2v) is 9.97. The zero-order valence-corrected chi connectivity index (χ0v) is 18.8. The summed E-state index contributed by atoms with van der Waals surface area (Å²) in [5, 5.41) is 4.68. The SMILES string of the molecule is CCN(CC(=O)NCc1cccs1)C(=O)CN(C)S(=O)(=O)c1ccc(Br)cc1. The Morgan fingerprint density at radius 3 is 2.39 bits per heavy atom. The van der Waals surface area contributed by atoms with Crippen molar-refractivity contribution in [3.63, 3.8) is 0 Å². The fraction of sp³-hybridized carbons (Fsp3) is 0.333. The molecule has 2 aromatic rings. The molecule has 0 fully saturated rings. The molecule has 28 heavy (non-hydrogen) atoms. The van der Waals surface area contributed by atoms with Gasteiger partial charge in [0.1, 0.15) is 0 Å². The third kappa shape index (κ3) is 6.13. The van der Waals surface area contributed by atoms with Crippen LogP contribution < -0.4 is 5.32 Å². The number of likely N-dealkylation sites (N-methyl/N-ethyl adjacent to an activating group) is 2. The van der Waals surface area contributed by atoms with E-state index in [-0.39, 0.29) is 23.9 Å². The Kier molecular flexibility index (Phi) is 8.17. The Labute approximate surface area is 177 Å². The lowest BCUT2D eigenvalue weighted by Crippen LogP contribution is -2.45. The molecule has 0 saturated heterocycles. The highest BCUT2D eigenvalue weighted by atomic mass is 79.9. The number of hydrogen-bond donors (Lipinski definition) is 1. The third-order valence-electron chi connectivity index (χ3n) is 3.99. The maximum atomic E-state index is 12.6. The summed E-state index contributed by atoms with van der Waals surface area (Å²) in [6.07, 6.45) is 0. The molecule has 0 aliphatic rings. The standard InChI is InChI=1S/C18H22BrN3O4S2/c1-3-22(12-17(23)20-11-15-5-4-10-27-15)18(24)13-21(2)28(25,26)16-8-6-14(19)7-9-16/h4-10H,3,11-13H2,1-2H3,(H,20,23). The van der Waals surface area contributed by atoms with Crippen molar-refractivity contribution in [2.45, 2.75) is 18.4 Å². The number of hydrogen-bond acceptors (Lipinski definition) is 5. The second-order valence-electron chi connectivity index (χ2n) is 5.98. The Balaban J connectivity index is 1.94. The normalized spacial score (nSPS) is 11.4. The molecule has 0 aliphatic carbocycles. The number of sulfonamides is 1. The lowest BCUT2D eigenvalue weighted by molar-refractivity contribution is -0.135. The van der Waals surface area contributed by atoms with Crippen molar-refractivity contribution < 1.29 is 18.0 Å². The first kappa shape index (κ1) is 22.5. The lowest BCUT2D eigenvalue weighted by atomic mass is 10.4. The van der Waals surface area contributed by atoms with Gasteiger partial charge < -0.3 is 10.2 Å². The molecule has 7 nitrogen and oxygen atoms in total. The van der Waals surface area contributed by atoms with E-state index < -0.39 is 15.9 Å². The Bertz CT molecular complexity index is 899. The van der Waals surface area contributed by atoms with Crippen LogP contribution in [-0.2, 0) is 26.2 Å². The van der Waals surface area contributed by atoms with E-state index in [1.54, 1.807) is 19.1 Å². The van der Waals surface area contributed by atoms with Gasteiger partial charge in [-0.05, 0) is 42.6 Å². The second kappa shape index (κ2) is 10.1. The maximum Gasteiger partial charge on any atom is 0.243 e. The summed E-state index contributed by atoms with van der Waals surface area (Å²) in [7, 11) is -2.45. The minimum atomic E-state index is -3.80. The van der Waals surface area contributed by atoms with E-state index in [4.69, 9.17) is 0 Å². The van der Waals surface area contributed by atoms with Crippen LogP contribution in [0.4, 0.5) is 0 Å². The highest BCUT2D eigenvalue weighted by molar-refractivity contribution is 9.10. The van der Waals surface area contributed by atoms with Crippen molar-refractivity contribution in [2.24, 2.45) is 0 Å². The van der Waals surface area contributed by atoms with Crippen LogP contribution in [0, 0.1) is 0 Å². The Morgan fingerprint density at radius 2 is 1.82 bits per heavy atom. The number of carbonyl (C=O) groups excluding carboxylic acids is 2. The first-order valence-corrected chi connectivity index (χ1v) is 11.6. The van der Waals surface area contributed by atoms with E-state index in [9.17, 15) is 18.0 Å². The number of benzene rings is 1. The summed E-state index contributed by atoms with van der Waals surface area (Å²) in [5.41, 5.74) is 0. The largest absolute Gasteiger partial charge is 0.350 e. The van der Waals surface area contributed by atoms with Gasteiger partial charge >= 0.3 is 0 Å². The van der Waals surface area contributed by atoms with Gasteiger partial charge in [0.25, 0.3) is 0 Å². The van der Waals surface area contributed by atoms with Gasteiger partial charge in [0.15, 0.2) is 0 Å². The predicted octanol–water partition coefficient (Wildman–Crippen LogP) is 2.30. The number of carbonyl (C=O) groups is 2. The number of rotatable bonds is 9. The van der Waals surface area contributed by atoms with E-state index in [2.05, 4.69) is 21.2 Å². The lowest BCUT2D eigenvalue weighted by Gasteiger charge is -2.24. The molecule has 1 aromatic carbocycles. The van der Waals surface area contributed by atoms with Gasteiger partial charge in [-0.25, -0.2) is 8.42 Å². The minimum absolute atomic E-state index is 0.0998. The van der Waals surface area contributed by atoms with E-state index in [0.29, 0.717) is 13.1 Å². The number of nitrogens with one attached hydrogen (secondary N) is 1. The zero-order valence-electron chi connectivity index (χ0n) is 15.6. The highest BCUT2D eigenvalue weighted by Gasteiger charge is 2.25. The van der Waals surface area contributed by atoms with Crippen LogP contribution in [0.2, 0.25) is 0 Å². The quantitative estimate of drug-likeness (QED) is 0.587. The molecule has 1 N–H and O–H groups in total. The average Bonchev–Trinajstić information content (AvgIpc) is 3.18. The summed E-state index contributed by atoms with van der Waals surface area (Å²) in [6.45, 7) is 1.99. The van der Waals surface area contributed by atoms with Gasteiger partial charge in [-0.3, -0.25) is 9.59 Å². The molecule has 0 radical (unpaired) electrons. The zero-order chi connectivity index (χ0) is 20.7. The van der Waals surface area contributed by atoms with E-state index in [1.807, 2.05) is 17.5 Å². The van der Waals surface area contributed by atoms with Crippen molar-refractivity contribution in [1.82, 2.24) is 14.5 Å². The van der Waals surface area contributed by atoms with Crippen LogP contribution in [-0.4, -0.2) is 56.1 Å². The molecule has 10 heteroatoms. The molecule has 2 rings (SSSR count). The van der Waals surface area contributed by atoms with Crippen LogP contribution in [0.5, 0.6) is 0 Å².